The number of aromatic nitrogens is 3. The van der Waals surface area contributed by atoms with Gasteiger partial charge in [-0.3, -0.25) is 18.9 Å². The maximum atomic E-state index is 13.8. The molecule has 8 nitrogen and oxygen atoms in total. The summed E-state index contributed by atoms with van der Waals surface area (Å²) >= 11 is 0. The van der Waals surface area contributed by atoms with Crippen LogP contribution in [0.25, 0.3) is 21.8 Å². The minimum Gasteiger partial charge on any atom is -0.343 e. The highest BCUT2D eigenvalue weighted by Gasteiger charge is 2.26. The lowest BCUT2D eigenvalue weighted by Gasteiger charge is -2.31. The summed E-state index contributed by atoms with van der Waals surface area (Å²) in [7, 11) is -3.33. The summed E-state index contributed by atoms with van der Waals surface area (Å²) in [5.41, 5.74) is 2.68. The summed E-state index contributed by atoms with van der Waals surface area (Å²) in [5.74, 6) is -0.0906. The van der Waals surface area contributed by atoms with Gasteiger partial charge < -0.3 is 4.90 Å². The van der Waals surface area contributed by atoms with E-state index in [0.29, 0.717) is 37.2 Å². The van der Waals surface area contributed by atoms with Crippen LogP contribution in [0.15, 0.2) is 59.5 Å². The van der Waals surface area contributed by atoms with E-state index in [2.05, 4.69) is 4.98 Å². The first-order valence-electron chi connectivity index (χ1n) is 11.7. The van der Waals surface area contributed by atoms with Gasteiger partial charge in [-0.15, -0.1) is 0 Å². The van der Waals surface area contributed by atoms with Crippen LogP contribution >= 0.6 is 0 Å². The zero-order chi connectivity index (χ0) is 24.7. The second kappa shape index (κ2) is 8.96. The molecule has 0 atom stereocenters. The van der Waals surface area contributed by atoms with Crippen molar-refractivity contribution in [1.82, 2.24) is 19.0 Å². The fraction of sp³-hybridized carbons (Fsp3) is 0.346. The number of hydrogen-bond donors (Lipinski definition) is 0. The van der Waals surface area contributed by atoms with E-state index in [1.165, 1.54) is 6.26 Å². The Balaban J connectivity index is 1.61. The minimum atomic E-state index is -3.33. The molecule has 0 saturated carbocycles. The Morgan fingerprint density at radius 3 is 2.37 bits per heavy atom. The fourth-order valence-corrected chi connectivity index (χ4v) is 6.00. The van der Waals surface area contributed by atoms with E-state index in [0.717, 1.165) is 21.8 Å². The van der Waals surface area contributed by atoms with Crippen LogP contribution in [-0.4, -0.2) is 52.7 Å². The van der Waals surface area contributed by atoms with Crippen molar-refractivity contribution in [2.24, 2.45) is 0 Å². The molecular formula is C26H28N4O4S. The number of carbonyl (C=O) groups excluding carboxylic acids is 1. The van der Waals surface area contributed by atoms with E-state index < -0.39 is 9.84 Å². The maximum absolute atomic E-state index is 13.8. The van der Waals surface area contributed by atoms with Gasteiger partial charge in [0.1, 0.15) is 0 Å². The summed E-state index contributed by atoms with van der Waals surface area (Å²) in [6, 6.07) is 15.2. The van der Waals surface area contributed by atoms with Gasteiger partial charge >= 0.3 is 5.69 Å². The van der Waals surface area contributed by atoms with Crippen LogP contribution in [0.5, 0.6) is 0 Å². The molecular weight excluding hydrogens is 464 g/mol. The number of sulfone groups is 1. The number of hydrogen-bond acceptors (Lipinski definition) is 5. The van der Waals surface area contributed by atoms with Gasteiger partial charge in [0.05, 0.1) is 29.0 Å². The number of fused-ring (bicyclic) bond motifs is 2. The molecule has 1 saturated heterocycles. The second-order valence-electron chi connectivity index (χ2n) is 9.31. The highest BCUT2D eigenvalue weighted by atomic mass is 32.2. The van der Waals surface area contributed by atoms with Gasteiger partial charge in [0.2, 0.25) is 5.91 Å². The molecule has 0 N–H and O–H groups in total. The zero-order valence-corrected chi connectivity index (χ0v) is 20.7. The number of para-hydroxylation sites is 2. The molecule has 2 aromatic carbocycles. The summed E-state index contributed by atoms with van der Waals surface area (Å²) < 4.78 is 28.1. The number of benzene rings is 2. The van der Waals surface area contributed by atoms with Crippen LogP contribution in [-0.2, 0) is 26.9 Å². The van der Waals surface area contributed by atoms with Gasteiger partial charge in [-0.05, 0) is 35.9 Å². The molecule has 0 radical (unpaired) electrons. The van der Waals surface area contributed by atoms with Crippen LogP contribution in [0, 0.1) is 0 Å². The van der Waals surface area contributed by atoms with Gasteiger partial charge in [-0.25, -0.2) is 13.2 Å². The molecule has 0 unspecified atom stereocenters. The molecule has 1 aliphatic rings. The van der Waals surface area contributed by atoms with E-state index in [4.69, 9.17) is 0 Å². The Bertz CT molecular complexity index is 1590. The Morgan fingerprint density at radius 2 is 1.69 bits per heavy atom. The third-order valence-electron chi connectivity index (χ3n) is 6.85. The number of nitrogens with zero attached hydrogens (tertiary/aromatic N) is 4. The van der Waals surface area contributed by atoms with Crippen molar-refractivity contribution in [3.8, 4) is 0 Å². The number of amides is 1. The first-order valence-corrected chi connectivity index (χ1v) is 13.8. The Kier molecular flexibility index (Phi) is 5.96. The predicted octanol–water partition coefficient (Wildman–Crippen LogP) is 3.13. The monoisotopic (exact) mass is 492 g/mol. The van der Waals surface area contributed by atoms with Gasteiger partial charge in [0.15, 0.2) is 9.84 Å². The van der Waals surface area contributed by atoms with Gasteiger partial charge in [0.25, 0.3) is 0 Å². The molecule has 1 amide bonds. The number of rotatable bonds is 5. The number of carbonyl (C=O) groups is 1. The van der Waals surface area contributed by atoms with Crippen LogP contribution in [0.4, 0.5) is 0 Å². The SMILES string of the molecule is CC(=O)N1CCC(n2c(=O)n(Cc3ncc4ccccc4c3CS(C)(=O)=O)c3ccccc32)CC1. The number of likely N-dealkylation sites (tertiary alicyclic amines) is 1. The first kappa shape index (κ1) is 23.3. The lowest BCUT2D eigenvalue weighted by molar-refractivity contribution is -0.130. The summed E-state index contributed by atoms with van der Waals surface area (Å²) in [6.07, 6.45) is 4.37. The first-order chi connectivity index (χ1) is 16.7. The summed E-state index contributed by atoms with van der Waals surface area (Å²) in [5, 5.41) is 1.69. The fourth-order valence-electron chi connectivity index (χ4n) is 5.15. The van der Waals surface area contributed by atoms with Crippen LogP contribution in [0.1, 0.15) is 37.1 Å². The normalized spacial score (nSPS) is 15.2. The molecule has 9 heteroatoms. The third-order valence-corrected chi connectivity index (χ3v) is 7.67. The lowest BCUT2D eigenvalue weighted by atomic mass is 10.0. The van der Waals surface area contributed by atoms with Crippen molar-refractivity contribution in [3.63, 3.8) is 0 Å². The standard InChI is InChI=1S/C26H28N4O4S/c1-18(31)28-13-11-20(12-14-28)30-25-10-6-5-9-24(25)29(26(30)32)16-23-22(17-35(2,33)34)21-8-4-3-7-19(21)15-27-23/h3-10,15,20H,11-14,16-17H2,1-2H3. The van der Waals surface area contributed by atoms with Gasteiger partial charge in [0, 0.05) is 43.9 Å². The summed E-state index contributed by atoms with van der Waals surface area (Å²) in [4.78, 5) is 31.9. The Hall–Kier alpha value is -3.46. The molecule has 1 fully saturated rings. The highest BCUT2D eigenvalue weighted by Crippen LogP contribution is 2.28. The van der Waals surface area contributed by atoms with E-state index in [9.17, 15) is 18.0 Å². The second-order valence-corrected chi connectivity index (χ2v) is 11.4. The topological polar surface area (TPSA) is 94.3 Å². The molecule has 5 rings (SSSR count). The quantitative estimate of drug-likeness (QED) is 0.427. The van der Waals surface area contributed by atoms with Crippen molar-refractivity contribution in [3.05, 3.63) is 76.5 Å². The summed E-state index contributed by atoms with van der Waals surface area (Å²) in [6.45, 7) is 2.99. The van der Waals surface area contributed by atoms with E-state index in [-0.39, 0.29) is 29.9 Å². The molecule has 0 spiro atoms. The van der Waals surface area contributed by atoms with E-state index in [1.807, 2.05) is 58.0 Å². The Labute approximate surface area is 203 Å². The average Bonchev–Trinajstić information content (AvgIpc) is 3.11. The maximum Gasteiger partial charge on any atom is 0.329 e. The van der Waals surface area contributed by atoms with Crippen LogP contribution in [0.3, 0.4) is 0 Å². The molecule has 1 aliphatic heterocycles. The number of imidazole rings is 1. The van der Waals surface area contributed by atoms with E-state index in [1.54, 1.807) is 17.7 Å². The van der Waals surface area contributed by atoms with Crippen molar-refractivity contribution in [2.75, 3.05) is 19.3 Å². The molecule has 4 aromatic rings. The van der Waals surface area contributed by atoms with Crippen molar-refractivity contribution >= 4 is 37.6 Å². The van der Waals surface area contributed by atoms with Crippen LogP contribution in [0.2, 0.25) is 0 Å². The van der Waals surface area contributed by atoms with Crippen molar-refractivity contribution in [1.29, 1.82) is 0 Å². The molecule has 0 bridgehead atoms. The third kappa shape index (κ3) is 4.48. The van der Waals surface area contributed by atoms with Crippen molar-refractivity contribution in [2.45, 2.75) is 38.1 Å². The van der Waals surface area contributed by atoms with Gasteiger partial charge in [-0.2, -0.15) is 0 Å². The van der Waals surface area contributed by atoms with Crippen LogP contribution < -0.4 is 5.69 Å². The lowest BCUT2D eigenvalue weighted by Crippen LogP contribution is -2.40. The minimum absolute atomic E-state index is 0.00990. The number of pyridine rings is 1. The zero-order valence-electron chi connectivity index (χ0n) is 19.8. The Morgan fingerprint density at radius 1 is 1.03 bits per heavy atom. The smallest absolute Gasteiger partial charge is 0.329 e. The molecule has 35 heavy (non-hydrogen) atoms. The highest BCUT2D eigenvalue weighted by molar-refractivity contribution is 7.89. The van der Waals surface area contributed by atoms with Crippen molar-refractivity contribution < 1.29 is 13.2 Å². The van der Waals surface area contributed by atoms with Gasteiger partial charge in [-0.1, -0.05) is 36.4 Å². The molecule has 3 heterocycles. The van der Waals surface area contributed by atoms with E-state index >= 15 is 0 Å². The predicted molar refractivity (Wildman–Crippen MR) is 136 cm³/mol. The average molecular weight is 493 g/mol. The molecule has 0 aliphatic carbocycles. The number of piperidine rings is 1. The molecule has 2 aromatic heterocycles. The molecule has 182 valence electrons. The largest absolute Gasteiger partial charge is 0.343 e.